The van der Waals surface area contributed by atoms with Crippen molar-refractivity contribution in [2.45, 2.75) is 32.6 Å². The van der Waals surface area contributed by atoms with Crippen LogP contribution in [0.15, 0.2) is 59.1 Å². The molecule has 9 heteroatoms. The smallest absolute Gasteiger partial charge is 0.263 e. The van der Waals surface area contributed by atoms with Crippen LogP contribution in [-0.4, -0.2) is 33.7 Å². The van der Waals surface area contributed by atoms with Gasteiger partial charge in [0.15, 0.2) is 0 Å². The Morgan fingerprint density at radius 1 is 1.15 bits per heavy atom. The summed E-state index contributed by atoms with van der Waals surface area (Å²) in [4.78, 5) is 27.5. The fourth-order valence-electron chi connectivity index (χ4n) is 4.08. The van der Waals surface area contributed by atoms with Crippen molar-refractivity contribution in [1.82, 2.24) is 15.4 Å². The van der Waals surface area contributed by atoms with Gasteiger partial charge in [0.05, 0.1) is 0 Å². The van der Waals surface area contributed by atoms with Crippen LogP contribution in [0.5, 0.6) is 0 Å². The summed E-state index contributed by atoms with van der Waals surface area (Å²) in [5.74, 6) is 0.0500. The Morgan fingerprint density at radius 3 is 2.65 bits per heavy atom. The van der Waals surface area contributed by atoms with Gasteiger partial charge in [-0.15, -0.1) is 10.2 Å². The lowest BCUT2D eigenvalue weighted by atomic mass is 10.1. The average molecular weight is 474 g/mol. The van der Waals surface area contributed by atoms with Gasteiger partial charge in [0, 0.05) is 30.1 Å². The molecule has 3 heterocycles. The topological polar surface area (TPSA) is 101 Å². The summed E-state index contributed by atoms with van der Waals surface area (Å²) in [5, 5.41) is 16.4. The first kappa shape index (κ1) is 22.0. The molecule has 2 amide bonds. The molecule has 2 aromatic heterocycles. The number of carbonyl (C=O) groups excluding carboxylic acids is 2. The van der Waals surface area contributed by atoms with Gasteiger partial charge in [-0.3, -0.25) is 14.9 Å². The number of nitrogens with one attached hydrogen (secondary N) is 1. The van der Waals surface area contributed by atoms with Crippen LogP contribution in [0, 0.1) is 6.92 Å². The van der Waals surface area contributed by atoms with Crippen LogP contribution >= 0.6 is 11.3 Å². The molecule has 5 rings (SSSR count). The van der Waals surface area contributed by atoms with Crippen LogP contribution in [-0.2, 0) is 11.2 Å². The Labute approximate surface area is 200 Å². The van der Waals surface area contributed by atoms with Gasteiger partial charge in [0.1, 0.15) is 22.0 Å². The van der Waals surface area contributed by atoms with Crippen molar-refractivity contribution < 1.29 is 14.1 Å². The number of hydrogen-bond donors (Lipinski definition) is 1. The van der Waals surface area contributed by atoms with E-state index in [1.165, 1.54) is 16.9 Å². The highest BCUT2D eigenvalue weighted by Gasteiger charge is 2.34. The highest BCUT2D eigenvalue weighted by Crippen LogP contribution is 2.35. The summed E-state index contributed by atoms with van der Waals surface area (Å²) >= 11 is 1.28. The number of aromatic nitrogens is 3. The molecule has 8 nitrogen and oxygen atoms in total. The first-order chi connectivity index (χ1) is 16.5. The molecule has 1 fully saturated rings. The Morgan fingerprint density at radius 2 is 1.91 bits per heavy atom. The Balaban J connectivity index is 1.30. The van der Waals surface area contributed by atoms with E-state index in [-0.39, 0.29) is 17.7 Å². The summed E-state index contributed by atoms with van der Waals surface area (Å²) in [5.41, 5.74) is 3.75. The molecule has 0 bridgehead atoms. The van der Waals surface area contributed by atoms with E-state index in [9.17, 15) is 9.59 Å². The fraction of sp³-hybridized carbons (Fsp3) is 0.240. The van der Waals surface area contributed by atoms with E-state index in [0.717, 1.165) is 22.7 Å². The van der Waals surface area contributed by atoms with Crippen molar-refractivity contribution >= 4 is 34.0 Å². The van der Waals surface area contributed by atoms with E-state index >= 15 is 0 Å². The maximum Gasteiger partial charge on any atom is 0.263 e. The zero-order chi connectivity index (χ0) is 23.7. The third kappa shape index (κ3) is 4.22. The van der Waals surface area contributed by atoms with Gasteiger partial charge >= 0.3 is 0 Å². The predicted octanol–water partition coefficient (Wildman–Crippen LogP) is 4.84. The van der Waals surface area contributed by atoms with E-state index in [2.05, 4.69) is 27.6 Å². The van der Waals surface area contributed by atoms with Crippen molar-refractivity contribution in [2.75, 3.05) is 16.8 Å². The molecule has 1 N–H and O–H groups in total. The lowest BCUT2D eigenvalue weighted by molar-refractivity contribution is -0.117. The lowest BCUT2D eigenvalue weighted by Crippen LogP contribution is -2.24. The van der Waals surface area contributed by atoms with E-state index in [1.807, 2.05) is 54.6 Å². The van der Waals surface area contributed by atoms with Gasteiger partial charge in [-0.25, -0.2) is 0 Å². The third-order valence-electron chi connectivity index (χ3n) is 5.93. The second-order valence-electron chi connectivity index (χ2n) is 8.15. The van der Waals surface area contributed by atoms with Gasteiger partial charge < -0.3 is 9.42 Å². The maximum absolute atomic E-state index is 13.0. The number of anilines is 2. The number of carbonyl (C=O) groups is 2. The fourth-order valence-corrected chi connectivity index (χ4v) is 4.91. The second-order valence-corrected chi connectivity index (χ2v) is 9.16. The number of amides is 2. The van der Waals surface area contributed by atoms with Crippen LogP contribution in [0.3, 0.4) is 0 Å². The minimum atomic E-state index is -0.361. The SMILES string of the molecule is CCc1ccc(N2CC(c3nnc(NC(=O)c4c(-c5ccccc5)noc4C)s3)CC2=O)cc1. The Bertz CT molecular complexity index is 1330. The Kier molecular flexibility index (Phi) is 5.93. The van der Waals surface area contributed by atoms with Crippen LogP contribution in [0.4, 0.5) is 10.8 Å². The summed E-state index contributed by atoms with van der Waals surface area (Å²) in [7, 11) is 0. The Hall–Kier alpha value is -3.85. The molecule has 1 atom stereocenters. The van der Waals surface area contributed by atoms with Crippen LogP contribution in [0.1, 0.15) is 46.0 Å². The van der Waals surface area contributed by atoms with E-state index in [1.54, 1.807) is 11.8 Å². The number of hydrogen-bond acceptors (Lipinski definition) is 7. The second kappa shape index (κ2) is 9.18. The van der Waals surface area contributed by atoms with Crippen LogP contribution < -0.4 is 10.2 Å². The van der Waals surface area contributed by atoms with Crippen molar-refractivity contribution in [1.29, 1.82) is 0 Å². The van der Waals surface area contributed by atoms with Gasteiger partial charge in [-0.1, -0.05) is 65.9 Å². The summed E-state index contributed by atoms with van der Waals surface area (Å²) in [6, 6.07) is 17.5. The predicted molar refractivity (Wildman–Crippen MR) is 130 cm³/mol. The number of nitrogens with zero attached hydrogens (tertiary/aromatic N) is 4. The largest absolute Gasteiger partial charge is 0.360 e. The van der Waals surface area contributed by atoms with E-state index in [4.69, 9.17) is 4.52 Å². The molecule has 0 spiro atoms. The minimum absolute atomic E-state index is 0.0580. The molecular weight excluding hydrogens is 450 g/mol. The maximum atomic E-state index is 13.0. The van der Waals surface area contributed by atoms with Gasteiger partial charge in [-0.2, -0.15) is 0 Å². The number of benzene rings is 2. The summed E-state index contributed by atoms with van der Waals surface area (Å²) in [6.07, 6.45) is 1.32. The van der Waals surface area contributed by atoms with Crippen molar-refractivity contribution in [2.24, 2.45) is 0 Å². The summed E-state index contributed by atoms with van der Waals surface area (Å²) < 4.78 is 5.29. The normalized spacial score (nSPS) is 15.6. The highest BCUT2D eigenvalue weighted by atomic mass is 32.1. The van der Waals surface area contributed by atoms with E-state index in [0.29, 0.717) is 35.1 Å². The zero-order valence-corrected chi connectivity index (χ0v) is 19.6. The molecule has 1 aliphatic rings. The highest BCUT2D eigenvalue weighted by molar-refractivity contribution is 7.15. The quantitative estimate of drug-likeness (QED) is 0.430. The monoisotopic (exact) mass is 473 g/mol. The minimum Gasteiger partial charge on any atom is -0.360 e. The number of aryl methyl sites for hydroxylation is 2. The van der Waals surface area contributed by atoms with Crippen molar-refractivity contribution in [3.05, 3.63) is 76.5 Å². The van der Waals surface area contributed by atoms with Crippen molar-refractivity contribution in [3.63, 3.8) is 0 Å². The zero-order valence-electron chi connectivity index (χ0n) is 18.8. The average Bonchev–Trinajstić information content (AvgIpc) is 3.58. The molecule has 172 valence electrons. The molecule has 34 heavy (non-hydrogen) atoms. The molecule has 1 unspecified atom stereocenters. The van der Waals surface area contributed by atoms with Crippen LogP contribution in [0.25, 0.3) is 11.3 Å². The van der Waals surface area contributed by atoms with Gasteiger partial charge in [0.25, 0.3) is 5.91 Å². The molecule has 4 aromatic rings. The van der Waals surface area contributed by atoms with Crippen LogP contribution in [0.2, 0.25) is 0 Å². The molecule has 2 aromatic carbocycles. The first-order valence-electron chi connectivity index (χ1n) is 11.1. The van der Waals surface area contributed by atoms with E-state index < -0.39 is 0 Å². The lowest BCUT2D eigenvalue weighted by Gasteiger charge is -2.16. The molecule has 1 aliphatic heterocycles. The third-order valence-corrected chi connectivity index (χ3v) is 6.93. The molecule has 0 saturated carbocycles. The molecular formula is C25H23N5O3S. The first-order valence-corrected chi connectivity index (χ1v) is 11.9. The summed E-state index contributed by atoms with van der Waals surface area (Å²) in [6.45, 7) is 4.34. The van der Waals surface area contributed by atoms with Crippen molar-refractivity contribution in [3.8, 4) is 11.3 Å². The molecule has 0 radical (unpaired) electrons. The molecule has 1 saturated heterocycles. The van der Waals surface area contributed by atoms with Gasteiger partial charge in [-0.05, 0) is 31.0 Å². The van der Waals surface area contributed by atoms with Gasteiger partial charge in [0.2, 0.25) is 11.0 Å². The molecule has 0 aliphatic carbocycles. The standard InChI is InChI=1S/C25H23N5O3S/c1-3-16-9-11-19(12-10-16)30-14-18(13-20(30)31)24-27-28-25(34-24)26-23(32)21-15(2)33-29-22(21)17-7-5-4-6-8-17/h4-12,18H,3,13-14H2,1-2H3,(H,26,28,32). The number of rotatable bonds is 6.